The molecule has 2 aromatic rings. The molecule has 1 N–H and O–H groups in total. The fourth-order valence-electron chi connectivity index (χ4n) is 2.70. The van der Waals surface area contributed by atoms with Gasteiger partial charge in [-0.05, 0) is 51.5 Å². The summed E-state index contributed by atoms with van der Waals surface area (Å²) >= 11 is 0. The van der Waals surface area contributed by atoms with E-state index in [0.29, 0.717) is 16.9 Å². The Bertz CT molecular complexity index is 854. The van der Waals surface area contributed by atoms with E-state index in [0.717, 1.165) is 11.3 Å². The van der Waals surface area contributed by atoms with Gasteiger partial charge in [0.25, 0.3) is 5.91 Å². The average molecular weight is 372 g/mol. The number of carbonyl (C=O) groups is 3. The van der Waals surface area contributed by atoms with E-state index >= 15 is 0 Å². The third kappa shape index (κ3) is 5.44. The number of hydrogen-bond acceptors (Lipinski definition) is 5. The number of nitrogens with zero attached hydrogens (tertiary/aromatic N) is 1. The number of ether oxygens (including phenoxy) is 2. The zero-order valence-corrected chi connectivity index (χ0v) is 16.0. The Balaban J connectivity index is 1.92. The smallest absolute Gasteiger partial charge is 0.339 e. The molecule has 0 atom stereocenters. The number of amides is 1. The highest BCUT2D eigenvalue weighted by Gasteiger charge is 2.19. The van der Waals surface area contributed by atoms with Crippen LogP contribution in [-0.4, -0.2) is 35.6 Å². The van der Waals surface area contributed by atoms with Crippen molar-refractivity contribution in [2.45, 2.75) is 34.2 Å². The first-order valence-electron chi connectivity index (χ1n) is 8.67. The molecular weight excluding hydrogens is 348 g/mol. The van der Waals surface area contributed by atoms with Gasteiger partial charge in [-0.2, -0.15) is 0 Å². The summed E-state index contributed by atoms with van der Waals surface area (Å²) < 4.78 is 11.7. The van der Waals surface area contributed by atoms with Crippen LogP contribution in [0, 0.1) is 20.8 Å². The van der Waals surface area contributed by atoms with E-state index in [9.17, 15) is 14.4 Å². The van der Waals surface area contributed by atoms with Gasteiger partial charge in [-0.25, -0.2) is 4.79 Å². The Kier molecular flexibility index (Phi) is 6.76. The second-order valence-corrected chi connectivity index (χ2v) is 6.17. The van der Waals surface area contributed by atoms with Crippen molar-refractivity contribution in [2.75, 3.05) is 18.5 Å². The predicted octanol–water partition coefficient (Wildman–Crippen LogP) is 2.77. The maximum atomic E-state index is 12.1. The van der Waals surface area contributed by atoms with Crippen LogP contribution in [0.15, 0.2) is 30.3 Å². The van der Waals surface area contributed by atoms with Gasteiger partial charge in [0.15, 0.2) is 6.61 Å². The highest BCUT2D eigenvalue weighted by molar-refractivity contribution is 5.93. The Morgan fingerprint density at radius 1 is 1.07 bits per heavy atom. The number of rotatable bonds is 7. The molecule has 0 aliphatic heterocycles. The van der Waals surface area contributed by atoms with Crippen molar-refractivity contribution in [1.29, 1.82) is 0 Å². The predicted molar refractivity (Wildman–Crippen MR) is 101 cm³/mol. The Morgan fingerprint density at radius 3 is 2.48 bits per heavy atom. The van der Waals surface area contributed by atoms with Crippen LogP contribution in [-0.2, 0) is 25.6 Å². The van der Waals surface area contributed by atoms with Crippen LogP contribution < -0.4 is 5.32 Å². The maximum absolute atomic E-state index is 12.1. The lowest BCUT2D eigenvalue weighted by molar-refractivity contribution is -0.147. The first kappa shape index (κ1) is 20.2. The summed E-state index contributed by atoms with van der Waals surface area (Å²) in [6.45, 7) is 6.98. The van der Waals surface area contributed by atoms with Crippen LogP contribution in [0.3, 0.4) is 0 Å². The molecule has 0 unspecified atom stereocenters. The van der Waals surface area contributed by atoms with Gasteiger partial charge in [-0.1, -0.05) is 12.1 Å². The highest BCUT2D eigenvalue weighted by atomic mass is 16.5. The Labute approximate surface area is 158 Å². The standard InChI is InChI=1S/C20H24N2O5/c1-5-26-20(25)17-10-14(3)22(15(17)4)11-19(24)27-12-18(23)21-16-8-6-7-13(2)9-16/h6-10H,5,11-12H2,1-4H3,(H,21,23). The molecule has 2 rings (SSSR count). The molecule has 0 radical (unpaired) electrons. The molecule has 0 spiro atoms. The number of nitrogens with one attached hydrogen (secondary N) is 1. The summed E-state index contributed by atoms with van der Waals surface area (Å²) in [5.41, 5.74) is 3.43. The zero-order chi connectivity index (χ0) is 20.0. The van der Waals surface area contributed by atoms with Crippen LogP contribution in [0.4, 0.5) is 5.69 Å². The molecule has 7 heteroatoms. The van der Waals surface area contributed by atoms with E-state index in [1.54, 1.807) is 37.5 Å². The lowest BCUT2D eigenvalue weighted by Crippen LogP contribution is -2.23. The minimum Gasteiger partial charge on any atom is -0.462 e. The fourth-order valence-corrected chi connectivity index (χ4v) is 2.70. The van der Waals surface area contributed by atoms with E-state index < -0.39 is 17.8 Å². The summed E-state index contributed by atoms with van der Waals surface area (Å²) in [5.74, 6) is -1.41. The number of hydrogen-bond donors (Lipinski definition) is 1. The maximum Gasteiger partial charge on any atom is 0.339 e. The summed E-state index contributed by atoms with van der Waals surface area (Å²) in [4.78, 5) is 35.9. The van der Waals surface area contributed by atoms with Crippen molar-refractivity contribution in [1.82, 2.24) is 4.57 Å². The fraction of sp³-hybridized carbons (Fsp3) is 0.350. The molecule has 0 fully saturated rings. The number of anilines is 1. The SMILES string of the molecule is CCOC(=O)c1cc(C)n(CC(=O)OCC(=O)Nc2cccc(C)c2)c1C. The number of aryl methyl sites for hydroxylation is 2. The molecule has 1 heterocycles. The molecule has 1 amide bonds. The Morgan fingerprint density at radius 2 is 1.81 bits per heavy atom. The normalized spacial score (nSPS) is 10.4. The highest BCUT2D eigenvalue weighted by Crippen LogP contribution is 2.16. The van der Waals surface area contributed by atoms with Gasteiger partial charge >= 0.3 is 11.9 Å². The topological polar surface area (TPSA) is 86.6 Å². The number of esters is 2. The van der Waals surface area contributed by atoms with Gasteiger partial charge in [0.05, 0.1) is 12.2 Å². The first-order valence-corrected chi connectivity index (χ1v) is 8.67. The lowest BCUT2D eigenvalue weighted by Gasteiger charge is -2.10. The molecule has 0 saturated carbocycles. The first-order chi connectivity index (χ1) is 12.8. The lowest BCUT2D eigenvalue weighted by atomic mass is 10.2. The molecule has 0 aliphatic rings. The summed E-state index contributed by atoms with van der Waals surface area (Å²) in [7, 11) is 0. The Hall–Kier alpha value is -3.09. The molecule has 144 valence electrons. The molecule has 7 nitrogen and oxygen atoms in total. The van der Waals surface area contributed by atoms with E-state index in [-0.39, 0.29) is 19.8 Å². The van der Waals surface area contributed by atoms with Crippen LogP contribution in [0.2, 0.25) is 0 Å². The van der Waals surface area contributed by atoms with Crippen molar-refractivity contribution in [3.05, 3.63) is 52.8 Å². The van der Waals surface area contributed by atoms with Gasteiger partial charge in [-0.3, -0.25) is 9.59 Å². The third-order valence-corrected chi connectivity index (χ3v) is 4.02. The molecule has 0 aliphatic carbocycles. The average Bonchev–Trinajstić information content (AvgIpc) is 2.88. The van der Waals surface area contributed by atoms with Crippen LogP contribution in [0.1, 0.15) is 34.2 Å². The minimum atomic E-state index is -0.563. The van der Waals surface area contributed by atoms with Gasteiger partial charge < -0.3 is 19.4 Å². The van der Waals surface area contributed by atoms with E-state index in [2.05, 4.69) is 5.32 Å². The van der Waals surface area contributed by atoms with E-state index in [1.165, 1.54) is 0 Å². The molecule has 1 aromatic carbocycles. The molecule has 0 bridgehead atoms. The van der Waals surface area contributed by atoms with Gasteiger partial charge in [0, 0.05) is 17.1 Å². The minimum absolute atomic E-state index is 0.0885. The third-order valence-electron chi connectivity index (χ3n) is 4.02. The largest absolute Gasteiger partial charge is 0.462 e. The quantitative estimate of drug-likeness (QED) is 0.755. The van der Waals surface area contributed by atoms with E-state index in [1.807, 2.05) is 25.1 Å². The summed E-state index contributed by atoms with van der Waals surface area (Å²) in [6.07, 6.45) is 0. The molecular formula is C20H24N2O5. The van der Waals surface area contributed by atoms with Crippen molar-refractivity contribution < 1.29 is 23.9 Å². The summed E-state index contributed by atoms with van der Waals surface area (Å²) in [5, 5.41) is 2.67. The van der Waals surface area contributed by atoms with Crippen LogP contribution in [0.25, 0.3) is 0 Å². The van der Waals surface area contributed by atoms with Crippen molar-refractivity contribution in [3.63, 3.8) is 0 Å². The number of benzene rings is 1. The van der Waals surface area contributed by atoms with E-state index in [4.69, 9.17) is 9.47 Å². The van der Waals surface area contributed by atoms with Gasteiger partial charge in [0.2, 0.25) is 0 Å². The second kappa shape index (κ2) is 9.02. The zero-order valence-electron chi connectivity index (χ0n) is 16.0. The van der Waals surface area contributed by atoms with Crippen LogP contribution in [0.5, 0.6) is 0 Å². The molecule has 0 saturated heterocycles. The number of aromatic nitrogens is 1. The number of carbonyl (C=O) groups excluding carboxylic acids is 3. The van der Waals surface area contributed by atoms with Gasteiger partial charge in [0.1, 0.15) is 6.54 Å². The van der Waals surface area contributed by atoms with Gasteiger partial charge in [-0.15, -0.1) is 0 Å². The molecule has 1 aromatic heterocycles. The van der Waals surface area contributed by atoms with Crippen LogP contribution >= 0.6 is 0 Å². The molecule has 27 heavy (non-hydrogen) atoms. The summed E-state index contributed by atoms with van der Waals surface area (Å²) in [6, 6.07) is 9.00. The van der Waals surface area contributed by atoms with Crippen molar-refractivity contribution >= 4 is 23.5 Å². The second-order valence-electron chi connectivity index (χ2n) is 6.17. The van der Waals surface area contributed by atoms with Crippen molar-refractivity contribution in [2.24, 2.45) is 0 Å². The van der Waals surface area contributed by atoms with Crippen molar-refractivity contribution in [3.8, 4) is 0 Å². The monoisotopic (exact) mass is 372 g/mol.